The minimum absolute atomic E-state index is 0.0283. The zero-order valence-electron chi connectivity index (χ0n) is 12.8. The number of phenolic OH excluding ortho intramolecular Hbond substituents is 1. The maximum Gasteiger partial charge on any atom is 0.349 e. The van der Waals surface area contributed by atoms with Crippen molar-refractivity contribution in [3.05, 3.63) is 66.2 Å². The van der Waals surface area contributed by atoms with Gasteiger partial charge in [-0.05, 0) is 34.1 Å². The molecule has 0 aliphatic heterocycles. The number of para-hydroxylation sites is 1. The summed E-state index contributed by atoms with van der Waals surface area (Å²) in [5, 5.41) is 14.2. The number of aromatic amines is 1. The van der Waals surface area contributed by atoms with Gasteiger partial charge < -0.3 is 14.8 Å². The molecule has 3 aromatic rings. The molecule has 0 unspecified atom stereocenters. The van der Waals surface area contributed by atoms with Crippen molar-refractivity contribution >= 4 is 44.6 Å². The summed E-state index contributed by atoms with van der Waals surface area (Å²) >= 11 is 9.25. The highest BCUT2D eigenvalue weighted by molar-refractivity contribution is 9.10. The Morgan fingerprint density at radius 1 is 1.36 bits per heavy atom. The van der Waals surface area contributed by atoms with E-state index in [0.717, 1.165) is 0 Å². The third-order valence-electron chi connectivity index (χ3n) is 3.49. The second-order valence-electron chi connectivity index (χ2n) is 4.98. The lowest BCUT2D eigenvalue weighted by Gasteiger charge is -2.09. The minimum atomic E-state index is -0.673. The van der Waals surface area contributed by atoms with Gasteiger partial charge in [0.1, 0.15) is 5.02 Å². The normalized spacial score (nSPS) is 11.3. The van der Waals surface area contributed by atoms with E-state index in [4.69, 9.17) is 16.3 Å². The standard InChI is InChI=1S/C16H11BrClN3O4/c1-25-11-6-8(12(17)13(18)14(11)22)7-19-21-15(23)9-4-2-3-5-10(9)20-16(21)24/h2-7,22H,1H3,(H,20,24)/b19-7+. The van der Waals surface area contributed by atoms with Gasteiger partial charge in [0.15, 0.2) is 11.5 Å². The number of hydrogen-bond donors (Lipinski definition) is 2. The van der Waals surface area contributed by atoms with E-state index in [2.05, 4.69) is 26.0 Å². The maximum absolute atomic E-state index is 12.4. The number of ether oxygens (including phenoxy) is 1. The molecule has 2 N–H and O–H groups in total. The van der Waals surface area contributed by atoms with Gasteiger partial charge in [0, 0.05) is 10.0 Å². The summed E-state index contributed by atoms with van der Waals surface area (Å²) in [6.07, 6.45) is 1.27. The fraction of sp³-hybridized carbons (Fsp3) is 0.0625. The van der Waals surface area contributed by atoms with Gasteiger partial charge in [-0.25, -0.2) is 4.79 Å². The van der Waals surface area contributed by atoms with Crippen LogP contribution in [-0.4, -0.2) is 28.1 Å². The van der Waals surface area contributed by atoms with E-state index in [0.29, 0.717) is 25.6 Å². The maximum atomic E-state index is 12.4. The summed E-state index contributed by atoms with van der Waals surface area (Å²) in [5.74, 6) is -0.0941. The van der Waals surface area contributed by atoms with Gasteiger partial charge in [-0.2, -0.15) is 5.10 Å². The molecule has 25 heavy (non-hydrogen) atoms. The molecule has 0 saturated heterocycles. The van der Waals surface area contributed by atoms with Crippen molar-refractivity contribution in [2.75, 3.05) is 7.11 Å². The molecule has 0 saturated carbocycles. The van der Waals surface area contributed by atoms with Crippen molar-refractivity contribution in [3.63, 3.8) is 0 Å². The van der Waals surface area contributed by atoms with Crippen LogP contribution in [0, 0.1) is 0 Å². The molecule has 0 fully saturated rings. The predicted octanol–water partition coefficient (Wildman–Crippen LogP) is 2.70. The van der Waals surface area contributed by atoms with Crippen molar-refractivity contribution in [3.8, 4) is 11.5 Å². The summed E-state index contributed by atoms with van der Waals surface area (Å²) < 4.78 is 6.08. The fourth-order valence-corrected chi connectivity index (χ4v) is 2.85. The Balaban J connectivity index is 2.16. The van der Waals surface area contributed by atoms with Crippen LogP contribution in [-0.2, 0) is 0 Å². The van der Waals surface area contributed by atoms with Gasteiger partial charge in [0.05, 0.1) is 24.2 Å². The van der Waals surface area contributed by atoms with E-state index in [-0.39, 0.29) is 16.5 Å². The lowest BCUT2D eigenvalue weighted by atomic mass is 10.2. The molecule has 0 spiro atoms. The van der Waals surface area contributed by atoms with E-state index >= 15 is 0 Å². The van der Waals surface area contributed by atoms with Crippen LogP contribution in [0.25, 0.3) is 10.9 Å². The summed E-state index contributed by atoms with van der Waals surface area (Å²) in [6, 6.07) is 8.10. The second kappa shape index (κ2) is 6.73. The summed E-state index contributed by atoms with van der Waals surface area (Å²) in [4.78, 5) is 27.1. The number of fused-ring (bicyclic) bond motifs is 1. The first-order chi connectivity index (χ1) is 11.9. The number of nitrogens with one attached hydrogen (secondary N) is 1. The molecule has 0 aliphatic rings. The number of hydrogen-bond acceptors (Lipinski definition) is 5. The number of methoxy groups -OCH3 is 1. The monoisotopic (exact) mass is 423 g/mol. The Hall–Kier alpha value is -2.58. The molecule has 1 heterocycles. The predicted molar refractivity (Wildman–Crippen MR) is 99.2 cm³/mol. The van der Waals surface area contributed by atoms with Crippen LogP contribution in [0.1, 0.15) is 5.56 Å². The van der Waals surface area contributed by atoms with Gasteiger partial charge in [0.2, 0.25) is 0 Å². The molecule has 0 radical (unpaired) electrons. The van der Waals surface area contributed by atoms with Gasteiger partial charge in [-0.3, -0.25) is 4.79 Å². The van der Waals surface area contributed by atoms with Crippen LogP contribution < -0.4 is 16.0 Å². The highest BCUT2D eigenvalue weighted by Crippen LogP contribution is 2.40. The lowest BCUT2D eigenvalue weighted by Crippen LogP contribution is -2.32. The van der Waals surface area contributed by atoms with Crippen molar-refractivity contribution in [2.24, 2.45) is 5.10 Å². The molecule has 0 bridgehead atoms. The zero-order chi connectivity index (χ0) is 18.1. The highest BCUT2D eigenvalue weighted by Gasteiger charge is 2.14. The number of benzene rings is 2. The van der Waals surface area contributed by atoms with E-state index < -0.39 is 11.2 Å². The molecule has 9 heteroatoms. The number of aromatic hydroxyl groups is 1. The topological polar surface area (TPSA) is 96.7 Å². The quantitative estimate of drug-likeness (QED) is 0.632. The third kappa shape index (κ3) is 3.06. The minimum Gasteiger partial charge on any atom is -0.503 e. The van der Waals surface area contributed by atoms with Crippen molar-refractivity contribution in [1.82, 2.24) is 9.66 Å². The van der Waals surface area contributed by atoms with Crippen LogP contribution >= 0.6 is 27.5 Å². The molecule has 0 aliphatic carbocycles. The molecular formula is C16H11BrClN3O4. The van der Waals surface area contributed by atoms with E-state index in [1.165, 1.54) is 19.4 Å². The summed E-state index contributed by atoms with van der Waals surface area (Å²) in [7, 11) is 1.37. The Labute approximate surface area is 154 Å². The van der Waals surface area contributed by atoms with Gasteiger partial charge in [-0.1, -0.05) is 23.7 Å². The number of nitrogens with zero attached hydrogens (tertiary/aromatic N) is 2. The van der Waals surface area contributed by atoms with Crippen LogP contribution in [0.2, 0.25) is 5.02 Å². The SMILES string of the molecule is COc1cc(/C=N/n2c(=O)[nH]c3ccccc3c2=O)c(Br)c(Cl)c1O. The number of phenols is 1. The van der Waals surface area contributed by atoms with E-state index in [1.54, 1.807) is 24.3 Å². The van der Waals surface area contributed by atoms with Crippen LogP contribution in [0.5, 0.6) is 11.5 Å². The largest absolute Gasteiger partial charge is 0.503 e. The Morgan fingerprint density at radius 2 is 2.08 bits per heavy atom. The average molecular weight is 425 g/mol. The van der Waals surface area contributed by atoms with Crippen molar-refractivity contribution in [1.29, 1.82) is 0 Å². The fourth-order valence-electron chi connectivity index (χ4n) is 2.24. The highest BCUT2D eigenvalue weighted by atomic mass is 79.9. The van der Waals surface area contributed by atoms with Gasteiger partial charge >= 0.3 is 5.69 Å². The second-order valence-corrected chi connectivity index (χ2v) is 6.15. The zero-order valence-corrected chi connectivity index (χ0v) is 15.1. The molecular weight excluding hydrogens is 414 g/mol. The van der Waals surface area contributed by atoms with Crippen molar-refractivity contribution < 1.29 is 9.84 Å². The first-order valence-electron chi connectivity index (χ1n) is 6.97. The average Bonchev–Trinajstić information content (AvgIpc) is 2.61. The van der Waals surface area contributed by atoms with E-state index in [1.807, 2.05) is 0 Å². The molecule has 0 amide bonds. The van der Waals surface area contributed by atoms with Crippen molar-refractivity contribution in [2.45, 2.75) is 0 Å². The lowest BCUT2D eigenvalue weighted by molar-refractivity contribution is 0.373. The Bertz CT molecular complexity index is 1120. The van der Waals surface area contributed by atoms with Gasteiger partial charge in [0.25, 0.3) is 5.56 Å². The number of rotatable bonds is 3. The summed E-state index contributed by atoms with van der Waals surface area (Å²) in [5.41, 5.74) is -0.380. The van der Waals surface area contributed by atoms with Gasteiger partial charge in [-0.15, -0.1) is 4.68 Å². The van der Waals surface area contributed by atoms with E-state index in [9.17, 15) is 14.7 Å². The molecule has 1 aromatic heterocycles. The Morgan fingerprint density at radius 3 is 2.80 bits per heavy atom. The number of aromatic nitrogens is 2. The number of halogens is 2. The Kier molecular flexibility index (Phi) is 4.65. The first-order valence-corrected chi connectivity index (χ1v) is 8.14. The number of H-pyrrole nitrogens is 1. The molecule has 3 rings (SSSR count). The van der Waals surface area contributed by atoms with Crippen LogP contribution in [0.15, 0.2) is 49.5 Å². The molecule has 0 atom stereocenters. The molecule has 2 aromatic carbocycles. The smallest absolute Gasteiger partial charge is 0.349 e. The summed E-state index contributed by atoms with van der Waals surface area (Å²) in [6.45, 7) is 0. The molecule has 128 valence electrons. The molecule has 7 nitrogen and oxygen atoms in total. The first kappa shape index (κ1) is 17.2. The van der Waals surface area contributed by atoms with Crippen LogP contribution in [0.3, 0.4) is 0 Å². The van der Waals surface area contributed by atoms with Crippen LogP contribution in [0.4, 0.5) is 0 Å². The third-order valence-corrected chi connectivity index (χ3v) is 4.94.